The van der Waals surface area contributed by atoms with Gasteiger partial charge < -0.3 is 24.2 Å². The molecule has 8 heteroatoms. The monoisotopic (exact) mass is 526 g/mol. The maximum absolute atomic E-state index is 13.5. The van der Waals surface area contributed by atoms with Crippen LogP contribution < -0.4 is 14.2 Å². The lowest BCUT2D eigenvalue weighted by Crippen LogP contribution is -2.29. The van der Waals surface area contributed by atoms with Crippen LogP contribution in [0.15, 0.2) is 79.2 Å². The van der Waals surface area contributed by atoms with Gasteiger partial charge in [-0.3, -0.25) is 14.6 Å². The molecule has 3 heterocycles. The molecule has 8 nitrogen and oxygen atoms in total. The quantitative estimate of drug-likeness (QED) is 0.182. The molecule has 0 spiro atoms. The Hall–Kier alpha value is -4.59. The number of nitrogens with zero attached hydrogens (tertiary/aromatic N) is 2. The summed E-state index contributed by atoms with van der Waals surface area (Å²) in [4.78, 5) is 32.4. The second-order valence-electron chi connectivity index (χ2n) is 9.48. The zero-order valence-electron chi connectivity index (χ0n) is 21.9. The van der Waals surface area contributed by atoms with Crippen molar-refractivity contribution in [1.29, 1.82) is 0 Å². The summed E-state index contributed by atoms with van der Waals surface area (Å²) in [6.07, 6.45) is 5.62. The molecule has 0 radical (unpaired) electrons. The van der Waals surface area contributed by atoms with Crippen LogP contribution in [0, 0.1) is 0 Å². The van der Waals surface area contributed by atoms with Crippen LogP contribution in [0.25, 0.3) is 5.76 Å². The average molecular weight is 527 g/mol. The predicted octanol–water partition coefficient (Wildman–Crippen LogP) is 4.99. The summed E-state index contributed by atoms with van der Waals surface area (Å²) in [6, 6.07) is 13.3. The van der Waals surface area contributed by atoms with Crippen LogP contribution in [0.3, 0.4) is 0 Å². The second kappa shape index (κ2) is 11.0. The molecular formula is C31H30N2O6. The van der Waals surface area contributed by atoms with Crippen LogP contribution >= 0.6 is 0 Å². The van der Waals surface area contributed by atoms with E-state index in [4.69, 9.17) is 14.2 Å². The highest BCUT2D eigenvalue weighted by molar-refractivity contribution is 6.46. The fourth-order valence-electron chi connectivity index (χ4n) is 5.03. The smallest absolute Gasteiger partial charge is 0.295 e. The van der Waals surface area contributed by atoms with Crippen LogP contribution in [0.1, 0.15) is 42.1 Å². The minimum atomic E-state index is -0.853. The maximum Gasteiger partial charge on any atom is 0.295 e. The Labute approximate surface area is 227 Å². The zero-order valence-corrected chi connectivity index (χ0v) is 21.9. The summed E-state index contributed by atoms with van der Waals surface area (Å²) >= 11 is 0. The molecule has 2 atom stereocenters. The highest BCUT2D eigenvalue weighted by Crippen LogP contribution is 2.43. The van der Waals surface area contributed by atoms with E-state index in [1.165, 1.54) is 4.90 Å². The van der Waals surface area contributed by atoms with E-state index in [0.717, 1.165) is 16.9 Å². The van der Waals surface area contributed by atoms with Gasteiger partial charge in [0.1, 0.15) is 24.2 Å². The molecule has 3 aromatic rings. The molecule has 1 saturated heterocycles. The summed E-state index contributed by atoms with van der Waals surface area (Å²) in [6.45, 7) is 8.36. The van der Waals surface area contributed by atoms with Crippen molar-refractivity contribution in [2.24, 2.45) is 0 Å². The third-order valence-corrected chi connectivity index (χ3v) is 6.75. The van der Waals surface area contributed by atoms with Crippen molar-refractivity contribution < 1.29 is 28.9 Å². The number of ketones is 1. The van der Waals surface area contributed by atoms with Gasteiger partial charge in [-0.15, -0.1) is 0 Å². The van der Waals surface area contributed by atoms with E-state index < -0.39 is 17.7 Å². The minimum absolute atomic E-state index is 0.0168. The fraction of sp³-hybridized carbons (Fsp3) is 0.258. The van der Waals surface area contributed by atoms with Crippen LogP contribution in [-0.4, -0.2) is 46.0 Å². The summed E-state index contributed by atoms with van der Waals surface area (Å²) in [5.74, 6) is 0.0606. The van der Waals surface area contributed by atoms with Crippen LogP contribution in [0.5, 0.6) is 17.2 Å². The number of Topliss-reactive ketones (excluding diaryl/α,β-unsaturated/α-hetero) is 1. The number of likely N-dealkylation sites (tertiary alicyclic amines) is 1. The SMILES string of the molecule is C=CCOc1ccc([C@@H]2C(=C(O)c3ccc4c(c3)C[C@@H](C)O4)C(=O)C(=O)N2Cc2ccncc2)cc1OCC. The van der Waals surface area contributed by atoms with E-state index >= 15 is 0 Å². The summed E-state index contributed by atoms with van der Waals surface area (Å²) in [7, 11) is 0. The Morgan fingerprint density at radius 1 is 1.13 bits per heavy atom. The molecule has 0 bridgehead atoms. The molecule has 5 rings (SSSR count). The van der Waals surface area contributed by atoms with E-state index in [1.54, 1.807) is 60.9 Å². The van der Waals surface area contributed by atoms with Gasteiger partial charge in [0.25, 0.3) is 11.7 Å². The molecule has 2 aliphatic heterocycles. The first kappa shape index (κ1) is 26.0. The molecule has 2 aliphatic rings. The standard InChI is InChI=1S/C31H30N2O6/c1-4-14-38-25-9-6-21(17-26(25)37-5-2)28-27(29(34)22-7-8-24-23(16-22)15-19(3)39-24)30(35)31(36)33(28)18-20-10-12-32-13-11-20/h4,6-13,16-17,19,28,34H,1,5,14-15,18H2,2-3H3/t19-,28-/m1/s1. The third kappa shape index (κ3) is 5.10. The first-order chi connectivity index (χ1) is 18.9. The molecule has 0 saturated carbocycles. The van der Waals surface area contributed by atoms with Crippen molar-refractivity contribution in [2.45, 2.75) is 39.0 Å². The fourth-order valence-corrected chi connectivity index (χ4v) is 5.03. The molecule has 0 aliphatic carbocycles. The largest absolute Gasteiger partial charge is 0.507 e. The van der Waals surface area contributed by atoms with Gasteiger partial charge in [-0.2, -0.15) is 0 Å². The first-order valence-electron chi connectivity index (χ1n) is 12.9. The van der Waals surface area contributed by atoms with Crippen LogP contribution in [-0.2, 0) is 22.6 Å². The summed E-state index contributed by atoms with van der Waals surface area (Å²) in [5, 5.41) is 11.5. The molecule has 1 N–H and O–H groups in total. The van der Waals surface area contributed by atoms with Gasteiger partial charge in [0.15, 0.2) is 11.5 Å². The molecule has 1 aromatic heterocycles. The lowest BCUT2D eigenvalue weighted by molar-refractivity contribution is -0.140. The number of hydrogen-bond acceptors (Lipinski definition) is 7. The van der Waals surface area contributed by atoms with Crippen LogP contribution in [0.4, 0.5) is 0 Å². The number of ether oxygens (including phenoxy) is 3. The van der Waals surface area contributed by atoms with Crippen molar-refractivity contribution in [1.82, 2.24) is 9.88 Å². The first-order valence-corrected chi connectivity index (χ1v) is 12.9. The van der Waals surface area contributed by atoms with Crippen molar-refractivity contribution in [3.63, 3.8) is 0 Å². The molecule has 1 fully saturated rings. The van der Waals surface area contributed by atoms with E-state index in [1.807, 2.05) is 19.9 Å². The lowest BCUT2D eigenvalue weighted by Gasteiger charge is -2.26. The van der Waals surface area contributed by atoms with Crippen LogP contribution in [0.2, 0.25) is 0 Å². The Balaban J connectivity index is 1.64. The number of carbonyl (C=O) groups excluding carboxylic acids is 2. The Morgan fingerprint density at radius 2 is 1.92 bits per heavy atom. The Bertz CT molecular complexity index is 1450. The van der Waals surface area contributed by atoms with Crippen molar-refractivity contribution in [2.75, 3.05) is 13.2 Å². The topological polar surface area (TPSA) is 98.2 Å². The van der Waals surface area contributed by atoms with E-state index in [0.29, 0.717) is 42.3 Å². The van der Waals surface area contributed by atoms with Crippen molar-refractivity contribution >= 4 is 17.4 Å². The minimum Gasteiger partial charge on any atom is -0.507 e. The van der Waals surface area contributed by atoms with Gasteiger partial charge in [-0.25, -0.2) is 0 Å². The number of amides is 1. The van der Waals surface area contributed by atoms with Crippen molar-refractivity contribution in [3.8, 4) is 17.2 Å². The van der Waals surface area contributed by atoms with Gasteiger partial charge in [-0.1, -0.05) is 18.7 Å². The second-order valence-corrected chi connectivity index (χ2v) is 9.48. The summed E-state index contributed by atoms with van der Waals surface area (Å²) in [5.41, 5.74) is 2.82. The normalized spacial score (nSPS) is 19.5. The number of aliphatic hydroxyl groups is 1. The lowest BCUT2D eigenvalue weighted by atomic mass is 9.94. The van der Waals surface area contributed by atoms with Gasteiger partial charge in [0.2, 0.25) is 0 Å². The summed E-state index contributed by atoms with van der Waals surface area (Å²) < 4.78 is 17.4. The molecule has 39 heavy (non-hydrogen) atoms. The number of pyridine rings is 1. The number of benzene rings is 2. The van der Waals surface area contributed by atoms with Gasteiger partial charge in [0, 0.05) is 30.9 Å². The maximum atomic E-state index is 13.5. The van der Waals surface area contributed by atoms with Gasteiger partial charge >= 0.3 is 0 Å². The van der Waals surface area contributed by atoms with E-state index in [2.05, 4.69) is 11.6 Å². The number of rotatable bonds is 9. The Morgan fingerprint density at radius 3 is 2.67 bits per heavy atom. The predicted molar refractivity (Wildman–Crippen MR) is 146 cm³/mol. The molecule has 200 valence electrons. The number of fused-ring (bicyclic) bond motifs is 1. The Kier molecular flexibility index (Phi) is 7.36. The van der Waals surface area contributed by atoms with E-state index in [-0.39, 0.29) is 24.0 Å². The van der Waals surface area contributed by atoms with Crippen molar-refractivity contribution in [3.05, 3.63) is 101 Å². The molecule has 1 amide bonds. The highest BCUT2D eigenvalue weighted by atomic mass is 16.5. The van der Waals surface area contributed by atoms with Gasteiger partial charge in [0.05, 0.1) is 18.2 Å². The van der Waals surface area contributed by atoms with E-state index in [9.17, 15) is 14.7 Å². The molecular weight excluding hydrogens is 496 g/mol. The number of hydrogen-bond donors (Lipinski definition) is 1. The third-order valence-electron chi connectivity index (χ3n) is 6.75. The molecule has 0 unspecified atom stereocenters. The zero-order chi connectivity index (χ0) is 27.5. The number of aliphatic hydroxyl groups excluding tert-OH is 1. The highest BCUT2D eigenvalue weighted by Gasteiger charge is 2.46. The van der Waals surface area contributed by atoms with Gasteiger partial charge in [-0.05, 0) is 73.0 Å². The number of carbonyl (C=O) groups is 2. The average Bonchev–Trinajstić information content (AvgIpc) is 3.43. The molecule has 2 aromatic carbocycles. The number of aromatic nitrogens is 1.